The Morgan fingerprint density at radius 1 is 1.18 bits per heavy atom. The second kappa shape index (κ2) is 4.53. The van der Waals surface area contributed by atoms with Crippen molar-refractivity contribution < 1.29 is 14.4 Å². The van der Waals surface area contributed by atoms with Gasteiger partial charge >= 0.3 is 0 Å². The van der Waals surface area contributed by atoms with E-state index in [1.54, 1.807) is 24.3 Å². The van der Waals surface area contributed by atoms with E-state index in [9.17, 15) is 14.4 Å². The Hall–Kier alpha value is -2.43. The summed E-state index contributed by atoms with van der Waals surface area (Å²) in [6.45, 7) is 0. The summed E-state index contributed by atoms with van der Waals surface area (Å²) in [6.07, 6.45) is 5.40. The first-order valence-corrected chi connectivity index (χ1v) is 7.52. The largest absolute Gasteiger partial charge is 0.342 e. The lowest BCUT2D eigenvalue weighted by molar-refractivity contribution is -0.126. The summed E-state index contributed by atoms with van der Waals surface area (Å²) in [7, 11) is 0. The highest BCUT2D eigenvalue weighted by atomic mass is 16.2. The Bertz CT molecular complexity index is 697. The van der Waals surface area contributed by atoms with Gasteiger partial charge in [-0.25, -0.2) is 0 Å². The number of hydrogen-bond donors (Lipinski definition) is 2. The van der Waals surface area contributed by atoms with E-state index in [2.05, 4.69) is 10.6 Å². The Balaban J connectivity index is 1.69. The van der Waals surface area contributed by atoms with E-state index >= 15 is 0 Å². The van der Waals surface area contributed by atoms with E-state index < -0.39 is 11.5 Å². The number of hydrogen-bond acceptors (Lipinski definition) is 3. The van der Waals surface area contributed by atoms with Gasteiger partial charge in [-0.05, 0) is 30.9 Å². The fourth-order valence-corrected chi connectivity index (χ4v) is 4.09. The van der Waals surface area contributed by atoms with Gasteiger partial charge in [0.05, 0.1) is 17.4 Å². The van der Waals surface area contributed by atoms with E-state index in [4.69, 9.17) is 0 Å². The molecular formula is C17H16N2O3. The first-order valence-electron chi connectivity index (χ1n) is 7.52. The summed E-state index contributed by atoms with van der Waals surface area (Å²) in [6, 6.07) is 8.92. The lowest BCUT2D eigenvalue weighted by Crippen LogP contribution is -2.61. The van der Waals surface area contributed by atoms with Crippen molar-refractivity contribution in [2.45, 2.75) is 18.4 Å². The molecule has 1 aromatic rings. The van der Waals surface area contributed by atoms with E-state index in [0.29, 0.717) is 12.0 Å². The zero-order chi connectivity index (χ0) is 15.3. The van der Waals surface area contributed by atoms with Crippen molar-refractivity contribution in [3.05, 3.63) is 48.0 Å². The van der Waals surface area contributed by atoms with Crippen LogP contribution in [-0.4, -0.2) is 23.3 Å². The van der Waals surface area contributed by atoms with Gasteiger partial charge in [-0.15, -0.1) is 0 Å². The molecule has 1 saturated carbocycles. The molecule has 2 fully saturated rings. The second-order valence-electron chi connectivity index (χ2n) is 6.28. The minimum atomic E-state index is -0.747. The lowest BCUT2D eigenvalue weighted by atomic mass is 9.59. The van der Waals surface area contributed by atoms with E-state index in [0.717, 1.165) is 6.42 Å². The van der Waals surface area contributed by atoms with Crippen molar-refractivity contribution >= 4 is 17.7 Å². The smallest absolute Gasteiger partial charge is 0.251 e. The van der Waals surface area contributed by atoms with E-state index in [-0.39, 0.29) is 29.6 Å². The van der Waals surface area contributed by atoms with Gasteiger partial charge in [-0.1, -0.05) is 30.4 Å². The molecule has 3 amide bonds. The summed E-state index contributed by atoms with van der Waals surface area (Å²) >= 11 is 0. The predicted octanol–water partition coefficient (Wildman–Crippen LogP) is 1.02. The topological polar surface area (TPSA) is 75.3 Å². The van der Waals surface area contributed by atoms with Gasteiger partial charge in [0.15, 0.2) is 0 Å². The van der Waals surface area contributed by atoms with Gasteiger partial charge in [0.2, 0.25) is 11.8 Å². The van der Waals surface area contributed by atoms with Crippen LogP contribution in [0.15, 0.2) is 42.5 Å². The minimum Gasteiger partial charge on any atom is -0.342 e. The Kier molecular flexibility index (Phi) is 2.73. The minimum absolute atomic E-state index is 0.104. The number of carbonyl (C=O) groups excluding carboxylic acids is 3. The second-order valence-corrected chi connectivity index (χ2v) is 6.28. The van der Waals surface area contributed by atoms with Crippen LogP contribution in [0.5, 0.6) is 0 Å². The molecule has 4 atom stereocenters. The van der Waals surface area contributed by atoms with Crippen LogP contribution in [0.2, 0.25) is 0 Å². The SMILES string of the molecule is O=C(NC12C=CC(CC1)C1C(=O)NC(=O)C12)c1ccccc1. The predicted molar refractivity (Wildman–Crippen MR) is 78.6 cm³/mol. The third-order valence-electron chi connectivity index (χ3n) is 5.12. The highest BCUT2D eigenvalue weighted by Gasteiger charge is 2.60. The number of allylic oxidation sites excluding steroid dienone is 1. The molecule has 4 unspecified atom stereocenters. The third kappa shape index (κ3) is 1.75. The summed E-state index contributed by atoms with van der Waals surface area (Å²) in [5.74, 6) is -1.41. The number of fused-ring (bicyclic) bond motifs is 1. The normalized spacial score (nSPS) is 35.2. The van der Waals surface area contributed by atoms with Crippen LogP contribution in [0.1, 0.15) is 23.2 Å². The molecule has 5 nitrogen and oxygen atoms in total. The first-order chi connectivity index (χ1) is 10.6. The number of rotatable bonds is 2. The molecule has 0 radical (unpaired) electrons. The molecule has 1 saturated heterocycles. The molecule has 1 aromatic carbocycles. The van der Waals surface area contributed by atoms with Crippen molar-refractivity contribution in [2.75, 3.05) is 0 Å². The number of imide groups is 1. The molecule has 2 N–H and O–H groups in total. The molecular weight excluding hydrogens is 280 g/mol. The Morgan fingerprint density at radius 3 is 2.64 bits per heavy atom. The zero-order valence-electron chi connectivity index (χ0n) is 11.9. The van der Waals surface area contributed by atoms with Crippen LogP contribution in [0, 0.1) is 17.8 Å². The maximum atomic E-state index is 12.5. The summed E-state index contributed by atoms with van der Waals surface area (Å²) in [5.41, 5.74) is -0.193. The average molecular weight is 296 g/mol. The maximum absolute atomic E-state index is 12.5. The number of amides is 3. The van der Waals surface area contributed by atoms with Gasteiger partial charge in [-0.3, -0.25) is 19.7 Å². The van der Waals surface area contributed by atoms with Crippen LogP contribution < -0.4 is 10.6 Å². The number of carbonyl (C=O) groups is 3. The summed E-state index contributed by atoms with van der Waals surface area (Å²) in [4.78, 5) is 36.8. The molecule has 5 heteroatoms. The Labute approximate surface area is 127 Å². The van der Waals surface area contributed by atoms with E-state index in [1.165, 1.54) is 0 Å². The maximum Gasteiger partial charge on any atom is 0.251 e. The van der Waals surface area contributed by atoms with Crippen LogP contribution in [0.25, 0.3) is 0 Å². The van der Waals surface area contributed by atoms with E-state index in [1.807, 2.05) is 18.2 Å². The van der Waals surface area contributed by atoms with Crippen LogP contribution in [0.4, 0.5) is 0 Å². The van der Waals surface area contributed by atoms with Gasteiger partial charge in [0.25, 0.3) is 5.91 Å². The number of benzene rings is 1. The molecule has 3 aliphatic carbocycles. The monoisotopic (exact) mass is 296 g/mol. The van der Waals surface area contributed by atoms with Gasteiger partial charge in [-0.2, -0.15) is 0 Å². The van der Waals surface area contributed by atoms with Crippen molar-refractivity contribution in [1.82, 2.24) is 10.6 Å². The average Bonchev–Trinajstić information content (AvgIpc) is 2.86. The molecule has 22 heavy (non-hydrogen) atoms. The van der Waals surface area contributed by atoms with Crippen LogP contribution >= 0.6 is 0 Å². The van der Waals surface area contributed by atoms with Crippen LogP contribution in [-0.2, 0) is 9.59 Å². The third-order valence-corrected chi connectivity index (χ3v) is 5.12. The molecule has 1 aliphatic heterocycles. The van der Waals surface area contributed by atoms with Gasteiger partial charge in [0, 0.05) is 5.56 Å². The quantitative estimate of drug-likeness (QED) is 0.632. The zero-order valence-corrected chi connectivity index (χ0v) is 11.9. The van der Waals surface area contributed by atoms with Crippen molar-refractivity contribution in [1.29, 1.82) is 0 Å². The molecule has 2 bridgehead atoms. The fraction of sp³-hybridized carbons (Fsp3) is 0.353. The molecule has 112 valence electrons. The highest BCUT2D eigenvalue weighted by molar-refractivity contribution is 6.07. The molecule has 0 aromatic heterocycles. The molecule has 1 heterocycles. The fourth-order valence-electron chi connectivity index (χ4n) is 4.09. The van der Waals surface area contributed by atoms with Crippen molar-refractivity contribution in [3.63, 3.8) is 0 Å². The first kappa shape index (κ1) is 13.2. The molecule has 4 aliphatic rings. The Morgan fingerprint density at radius 2 is 1.95 bits per heavy atom. The standard InChI is InChI=1S/C17H16N2O3/c20-14(11-4-2-1-3-5-11)19-17-8-6-10(7-9-17)12-13(17)16(22)18-15(12)21/h1-6,8,10,12-13H,7,9H2,(H,19,20)(H,18,21,22). The summed E-state index contributed by atoms with van der Waals surface area (Å²) in [5, 5.41) is 5.45. The van der Waals surface area contributed by atoms with Crippen LogP contribution in [0.3, 0.4) is 0 Å². The van der Waals surface area contributed by atoms with Crippen molar-refractivity contribution in [3.8, 4) is 0 Å². The van der Waals surface area contributed by atoms with Crippen molar-refractivity contribution in [2.24, 2.45) is 17.8 Å². The highest BCUT2D eigenvalue weighted by Crippen LogP contribution is 2.49. The molecule has 0 spiro atoms. The summed E-state index contributed by atoms with van der Waals surface area (Å²) < 4.78 is 0. The number of nitrogens with one attached hydrogen (secondary N) is 2. The van der Waals surface area contributed by atoms with Gasteiger partial charge < -0.3 is 5.32 Å². The molecule has 5 rings (SSSR count). The lowest BCUT2D eigenvalue weighted by Gasteiger charge is -2.48. The van der Waals surface area contributed by atoms with Gasteiger partial charge in [0.1, 0.15) is 0 Å².